The molecule has 8 heteroatoms. The average Bonchev–Trinajstić information content (AvgIpc) is 2.76. The van der Waals surface area contributed by atoms with Crippen molar-refractivity contribution in [2.24, 2.45) is 11.8 Å². The number of rotatable bonds is 7. The predicted molar refractivity (Wildman–Crippen MR) is 127 cm³/mol. The van der Waals surface area contributed by atoms with E-state index < -0.39 is 10.2 Å². The fraction of sp³-hybridized carbons (Fsp3) is 0.696. The Kier molecular flexibility index (Phi) is 7.99. The molecule has 0 bridgehead atoms. The van der Waals surface area contributed by atoms with Crippen LogP contribution >= 0.6 is 0 Å². The van der Waals surface area contributed by atoms with Gasteiger partial charge in [0.2, 0.25) is 5.91 Å². The Hall–Kier alpha value is -1.64. The number of anilines is 2. The van der Waals surface area contributed by atoms with Crippen LogP contribution in [0, 0.1) is 18.8 Å². The molecule has 0 radical (unpaired) electrons. The highest BCUT2D eigenvalue weighted by molar-refractivity contribution is 7.86. The van der Waals surface area contributed by atoms with Crippen molar-refractivity contribution in [3.63, 3.8) is 0 Å². The molecule has 1 atom stereocenters. The monoisotopic (exact) mass is 450 g/mol. The maximum Gasteiger partial charge on any atom is 0.281 e. The van der Waals surface area contributed by atoms with Crippen molar-refractivity contribution in [2.45, 2.75) is 53.4 Å². The van der Waals surface area contributed by atoms with Gasteiger partial charge in [-0.1, -0.05) is 6.92 Å². The van der Waals surface area contributed by atoms with Gasteiger partial charge in [-0.15, -0.1) is 0 Å². The molecule has 1 aromatic rings. The standard InChI is InChI=1S/C23H38N4O3S/c1-5-25(6-2)21-9-10-22(19(4)16-21)24-23(28)20-8-7-13-27(17-20)31(29,30)26-14-11-18(3)12-15-26/h9-10,16,18,20H,5-8,11-15,17H2,1-4H3,(H,24,28). The molecule has 1 aromatic carbocycles. The summed E-state index contributed by atoms with van der Waals surface area (Å²) in [5, 5.41) is 3.05. The number of benzene rings is 1. The minimum Gasteiger partial charge on any atom is -0.372 e. The zero-order chi connectivity index (χ0) is 22.6. The van der Waals surface area contributed by atoms with E-state index >= 15 is 0 Å². The summed E-state index contributed by atoms with van der Waals surface area (Å²) in [5.41, 5.74) is 2.96. The first-order valence-corrected chi connectivity index (χ1v) is 13.1. The molecule has 2 saturated heterocycles. The van der Waals surface area contributed by atoms with E-state index in [4.69, 9.17) is 0 Å². The van der Waals surface area contributed by atoms with Crippen LogP contribution in [-0.4, -0.2) is 62.2 Å². The van der Waals surface area contributed by atoms with Crippen LogP contribution in [0.1, 0.15) is 52.0 Å². The van der Waals surface area contributed by atoms with Crippen molar-refractivity contribution in [1.29, 1.82) is 0 Å². The smallest absolute Gasteiger partial charge is 0.281 e. The second-order valence-electron chi connectivity index (χ2n) is 8.95. The largest absolute Gasteiger partial charge is 0.372 e. The first kappa shape index (κ1) is 24.0. The summed E-state index contributed by atoms with van der Waals surface area (Å²) in [7, 11) is -3.50. The number of nitrogens with zero attached hydrogens (tertiary/aromatic N) is 3. The maximum atomic E-state index is 13.1. The molecule has 2 fully saturated rings. The van der Waals surface area contributed by atoms with Crippen molar-refractivity contribution in [1.82, 2.24) is 8.61 Å². The second kappa shape index (κ2) is 10.3. The molecule has 0 aromatic heterocycles. The van der Waals surface area contributed by atoms with Crippen LogP contribution in [0.4, 0.5) is 11.4 Å². The first-order chi connectivity index (χ1) is 14.8. The number of aryl methyl sites for hydroxylation is 1. The van der Waals surface area contributed by atoms with Crippen LogP contribution in [0.2, 0.25) is 0 Å². The quantitative estimate of drug-likeness (QED) is 0.690. The molecule has 3 rings (SSSR count). The number of hydrogen-bond acceptors (Lipinski definition) is 4. The number of carbonyl (C=O) groups excluding carboxylic acids is 1. The third-order valence-electron chi connectivity index (χ3n) is 6.75. The Labute approximate surface area is 188 Å². The minimum absolute atomic E-state index is 0.0918. The molecule has 0 saturated carbocycles. The van der Waals surface area contributed by atoms with Crippen molar-refractivity contribution < 1.29 is 13.2 Å². The van der Waals surface area contributed by atoms with Crippen LogP contribution in [0.3, 0.4) is 0 Å². The predicted octanol–water partition coefficient (Wildman–Crippen LogP) is 3.47. The van der Waals surface area contributed by atoms with E-state index in [9.17, 15) is 13.2 Å². The Morgan fingerprint density at radius 2 is 1.77 bits per heavy atom. The van der Waals surface area contributed by atoms with Gasteiger partial charge in [-0.3, -0.25) is 4.79 Å². The van der Waals surface area contributed by atoms with E-state index in [0.717, 1.165) is 42.9 Å². The van der Waals surface area contributed by atoms with Crippen molar-refractivity contribution in [3.05, 3.63) is 23.8 Å². The molecule has 2 aliphatic rings. The number of hydrogen-bond donors (Lipinski definition) is 1. The normalized spacial score (nSPS) is 21.7. The molecular weight excluding hydrogens is 412 g/mol. The molecule has 1 N–H and O–H groups in total. The minimum atomic E-state index is -3.50. The Balaban J connectivity index is 1.64. The van der Waals surface area contributed by atoms with E-state index in [0.29, 0.717) is 38.4 Å². The molecule has 1 unspecified atom stereocenters. The molecule has 174 valence electrons. The van der Waals surface area contributed by atoms with Gasteiger partial charge < -0.3 is 10.2 Å². The van der Waals surface area contributed by atoms with Gasteiger partial charge in [0.1, 0.15) is 0 Å². The van der Waals surface area contributed by atoms with Crippen LogP contribution < -0.4 is 10.2 Å². The topological polar surface area (TPSA) is 73.0 Å². The highest BCUT2D eigenvalue weighted by atomic mass is 32.2. The second-order valence-corrected chi connectivity index (χ2v) is 10.9. The van der Waals surface area contributed by atoms with Gasteiger partial charge in [-0.05, 0) is 76.1 Å². The van der Waals surface area contributed by atoms with Gasteiger partial charge in [-0.2, -0.15) is 17.0 Å². The average molecular weight is 451 g/mol. The van der Waals surface area contributed by atoms with E-state index in [-0.39, 0.29) is 18.4 Å². The zero-order valence-electron chi connectivity index (χ0n) is 19.4. The Morgan fingerprint density at radius 1 is 1.10 bits per heavy atom. The van der Waals surface area contributed by atoms with Gasteiger partial charge >= 0.3 is 0 Å². The summed E-state index contributed by atoms with van der Waals surface area (Å²) in [6, 6.07) is 6.08. The molecule has 0 spiro atoms. The maximum absolute atomic E-state index is 13.1. The number of carbonyl (C=O) groups is 1. The van der Waals surface area contributed by atoms with Crippen molar-refractivity contribution in [2.75, 3.05) is 49.5 Å². The summed E-state index contributed by atoms with van der Waals surface area (Å²) in [4.78, 5) is 15.3. The van der Waals surface area contributed by atoms with Gasteiger partial charge in [0.15, 0.2) is 0 Å². The van der Waals surface area contributed by atoms with Crippen LogP contribution in [0.25, 0.3) is 0 Å². The summed E-state index contributed by atoms with van der Waals surface area (Å²) >= 11 is 0. The number of amides is 1. The highest BCUT2D eigenvalue weighted by Gasteiger charge is 2.37. The summed E-state index contributed by atoms with van der Waals surface area (Å²) in [6.07, 6.45) is 3.23. The van der Waals surface area contributed by atoms with Crippen LogP contribution in [-0.2, 0) is 15.0 Å². The van der Waals surface area contributed by atoms with Gasteiger partial charge in [0, 0.05) is 50.6 Å². The summed E-state index contributed by atoms with van der Waals surface area (Å²) < 4.78 is 29.3. The van der Waals surface area contributed by atoms with Gasteiger partial charge in [0.05, 0.1) is 5.92 Å². The van der Waals surface area contributed by atoms with Crippen molar-refractivity contribution >= 4 is 27.5 Å². The molecule has 31 heavy (non-hydrogen) atoms. The lowest BCUT2D eigenvalue weighted by atomic mass is 9.98. The summed E-state index contributed by atoms with van der Waals surface area (Å²) in [6.45, 7) is 12.2. The highest BCUT2D eigenvalue weighted by Crippen LogP contribution is 2.27. The molecule has 2 aliphatic heterocycles. The molecule has 0 aliphatic carbocycles. The third kappa shape index (κ3) is 5.59. The Bertz CT molecular complexity index is 862. The van der Waals surface area contributed by atoms with Gasteiger partial charge in [-0.25, -0.2) is 0 Å². The fourth-order valence-electron chi connectivity index (χ4n) is 4.55. The van der Waals surface area contributed by atoms with Gasteiger partial charge in [0.25, 0.3) is 10.2 Å². The molecule has 2 heterocycles. The van der Waals surface area contributed by atoms with E-state index in [1.165, 1.54) is 4.31 Å². The first-order valence-electron chi connectivity index (χ1n) is 11.7. The number of nitrogens with one attached hydrogen (secondary N) is 1. The van der Waals surface area contributed by atoms with E-state index in [2.05, 4.69) is 37.1 Å². The lowest BCUT2D eigenvalue weighted by Gasteiger charge is -2.37. The van der Waals surface area contributed by atoms with Crippen LogP contribution in [0.15, 0.2) is 18.2 Å². The third-order valence-corrected chi connectivity index (χ3v) is 8.75. The molecule has 7 nitrogen and oxygen atoms in total. The summed E-state index contributed by atoms with van der Waals surface area (Å²) in [5.74, 6) is 0.155. The SMILES string of the molecule is CCN(CC)c1ccc(NC(=O)C2CCCN(S(=O)(=O)N3CCC(C)CC3)C2)c(C)c1. The zero-order valence-corrected chi connectivity index (χ0v) is 20.2. The fourth-order valence-corrected chi connectivity index (χ4v) is 6.28. The van der Waals surface area contributed by atoms with Crippen LogP contribution in [0.5, 0.6) is 0 Å². The lowest BCUT2D eigenvalue weighted by molar-refractivity contribution is -0.120. The number of piperidine rings is 2. The van der Waals surface area contributed by atoms with E-state index in [1.54, 1.807) is 4.31 Å². The van der Waals surface area contributed by atoms with E-state index in [1.807, 2.05) is 19.1 Å². The molecular formula is C23H38N4O3S. The lowest BCUT2D eigenvalue weighted by Crippen LogP contribution is -2.51. The Morgan fingerprint density at radius 3 is 2.39 bits per heavy atom. The van der Waals surface area contributed by atoms with Crippen molar-refractivity contribution in [3.8, 4) is 0 Å². The molecule has 1 amide bonds.